The molecular weight excluding hydrogens is 478 g/mol. The maximum Gasteiger partial charge on any atom is 0.250 e. The van der Waals surface area contributed by atoms with E-state index >= 15 is 0 Å². The first-order chi connectivity index (χ1) is 17.9. The van der Waals surface area contributed by atoms with E-state index in [1.165, 1.54) is 11.6 Å². The summed E-state index contributed by atoms with van der Waals surface area (Å²) in [6.45, 7) is 6.27. The first kappa shape index (κ1) is 24.3. The van der Waals surface area contributed by atoms with Gasteiger partial charge in [-0.1, -0.05) is 74.5 Å². The summed E-state index contributed by atoms with van der Waals surface area (Å²) < 4.78 is 0. The molecule has 0 fully saturated rings. The Morgan fingerprint density at radius 1 is 0.946 bits per heavy atom. The molecule has 0 bridgehead atoms. The van der Waals surface area contributed by atoms with Crippen LogP contribution in [0.4, 0.5) is 5.69 Å². The summed E-state index contributed by atoms with van der Waals surface area (Å²) in [5, 5.41) is 17.7. The number of nitrogens with zero attached hydrogens (tertiary/aromatic N) is 3. The van der Waals surface area contributed by atoms with Crippen LogP contribution in [-0.2, 0) is 4.79 Å². The van der Waals surface area contributed by atoms with Crippen LogP contribution < -0.4 is 10.6 Å². The van der Waals surface area contributed by atoms with Gasteiger partial charge in [0.05, 0.1) is 5.69 Å². The molecule has 0 aliphatic heterocycles. The van der Waals surface area contributed by atoms with Crippen LogP contribution in [0.1, 0.15) is 36.5 Å². The molecule has 4 aromatic carbocycles. The van der Waals surface area contributed by atoms with Crippen LogP contribution in [0.25, 0.3) is 33.6 Å². The number of aromatic nitrogens is 3. The van der Waals surface area contributed by atoms with Crippen molar-refractivity contribution in [2.75, 3.05) is 5.32 Å². The number of thiocarbonyl (C=S) groups is 1. The van der Waals surface area contributed by atoms with E-state index in [1.807, 2.05) is 55.5 Å². The second-order valence-electron chi connectivity index (χ2n) is 9.24. The van der Waals surface area contributed by atoms with Gasteiger partial charge < -0.3 is 5.32 Å². The summed E-state index contributed by atoms with van der Waals surface area (Å²) >= 11 is 5.39. The molecule has 1 amide bonds. The van der Waals surface area contributed by atoms with Crippen molar-refractivity contribution in [3.8, 4) is 5.69 Å². The van der Waals surface area contributed by atoms with Crippen molar-refractivity contribution < 1.29 is 4.79 Å². The molecule has 5 rings (SSSR count). The molecule has 0 unspecified atom stereocenters. The summed E-state index contributed by atoms with van der Waals surface area (Å²) in [5.74, 6) is 0.168. The van der Waals surface area contributed by atoms with E-state index in [9.17, 15) is 4.79 Å². The summed E-state index contributed by atoms with van der Waals surface area (Å²) in [6.07, 6.45) is 3.25. The average Bonchev–Trinajstić information content (AvgIpc) is 3.30. The zero-order valence-electron chi connectivity index (χ0n) is 20.9. The molecule has 0 radical (unpaired) electrons. The Bertz CT molecular complexity index is 1650. The standard InChI is InChI=1S/C30H27N5OS/c1-19(2)22-14-11-21(12-15-22)13-16-29(36)32-30(37)31-25-18-27-26(17-20(25)3)33-35(34-27)28-10-6-8-23-7-4-5-9-24(23)28/h4-19H,1-3H3,(H2,31,32,36,37)/b16-13+. The number of benzene rings is 4. The average molecular weight is 506 g/mol. The van der Waals surface area contributed by atoms with E-state index in [0.29, 0.717) is 5.92 Å². The Labute approximate surface area is 221 Å². The molecule has 0 spiro atoms. The quantitative estimate of drug-likeness (QED) is 0.210. The number of aryl methyl sites for hydroxylation is 1. The number of hydrogen-bond donors (Lipinski definition) is 2. The minimum atomic E-state index is -0.300. The van der Waals surface area contributed by atoms with Gasteiger partial charge in [0.25, 0.3) is 0 Å². The van der Waals surface area contributed by atoms with E-state index in [2.05, 4.69) is 54.8 Å². The van der Waals surface area contributed by atoms with Crippen molar-refractivity contribution in [2.45, 2.75) is 26.7 Å². The second-order valence-corrected chi connectivity index (χ2v) is 9.65. The molecule has 6 nitrogen and oxygen atoms in total. The third kappa shape index (κ3) is 5.42. The van der Waals surface area contributed by atoms with Crippen molar-refractivity contribution in [1.82, 2.24) is 20.3 Å². The Morgan fingerprint density at radius 3 is 2.41 bits per heavy atom. The van der Waals surface area contributed by atoms with E-state index in [-0.39, 0.29) is 11.0 Å². The molecule has 0 aliphatic carbocycles. The molecule has 0 atom stereocenters. The van der Waals surface area contributed by atoms with Gasteiger partial charge in [-0.2, -0.15) is 0 Å². The number of amides is 1. The number of fused-ring (bicyclic) bond motifs is 2. The first-order valence-corrected chi connectivity index (χ1v) is 12.5. The predicted octanol–water partition coefficient (Wildman–Crippen LogP) is 6.53. The van der Waals surface area contributed by atoms with Crippen LogP contribution in [0.5, 0.6) is 0 Å². The molecule has 0 aliphatic rings. The monoisotopic (exact) mass is 505 g/mol. The fourth-order valence-electron chi connectivity index (χ4n) is 4.16. The Morgan fingerprint density at radius 2 is 1.65 bits per heavy atom. The topological polar surface area (TPSA) is 71.8 Å². The lowest BCUT2D eigenvalue weighted by Gasteiger charge is -2.10. The van der Waals surface area contributed by atoms with E-state index in [0.717, 1.165) is 44.3 Å². The van der Waals surface area contributed by atoms with Crippen LogP contribution >= 0.6 is 12.2 Å². The minimum Gasteiger partial charge on any atom is -0.332 e. The number of anilines is 1. The predicted molar refractivity (Wildman–Crippen MR) is 155 cm³/mol. The third-order valence-corrected chi connectivity index (χ3v) is 6.43. The van der Waals surface area contributed by atoms with Crippen molar-refractivity contribution in [3.63, 3.8) is 0 Å². The van der Waals surface area contributed by atoms with Crippen LogP contribution in [0.3, 0.4) is 0 Å². The van der Waals surface area contributed by atoms with Gasteiger partial charge >= 0.3 is 0 Å². The van der Waals surface area contributed by atoms with Gasteiger partial charge in [0.1, 0.15) is 11.0 Å². The Hall–Kier alpha value is -4.36. The number of carbonyl (C=O) groups excluding carboxylic acids is 1. The van der Waals surface area contributed by atoms with Gasteiger partial charge in [0.15, 0.2) is 5.11 Å². The maximum atomic E-state index is 12.4. The van der Waals surface area contributed by atoms with E-state index in [1.54, 1.807) is 10.9 Å². The third-order valence-electron chi connectivity index (χ3n) is 6.22. The highest BCUT2D eigenvalue weighted by atomic mass is 32.1. The highest BCUT2D eigenvalue weighted by Crippen LogP contribution is 2.25. The SMILES string of the molecule is Cc1cc2nn(-c3cccc4ccccc34)nc2cc1NC(=S)NC(=O)/C=C/c1ccc(C(C)C)cc1. The second kappa shape index (κ2) is 10.3. The van der Waals surface area contributed by atoms with E-state index < -0.39 is 0 Å². The van der Waals surface area contributed by atoms with Gasteiger partial charge in [0.2, 0.25) is 5.91 Å². The number of nitrogens with one attached hydrogen (secondary N) is 2. The van der Waals surface area contributed by atoms with Crippen LogP contribution in [0.2, 0.25) is 0 Å². The Balaban J connectivity index is 1.29. The number of rotatable bonds is 5. The zero-order valence-corrected chi connectivity index (χ0v) is 21.7. The van der Waals surface area contributed by atoms with Gasteiger partial charge in [-0.15, -0.1) is 15.0 Å². The lowest BCUT2D eigenvalue weighted by molar-refractivity contribution is -0.115. The normalized spacial score (nSPS) is 11.5. The van der Waals surface area contributed by atoms with Crippen LogP contribution in [-0.4, -0.2) is 26.0 Å². The van der Waals surface area contributed by atoms with Crippen LogP contribution in [0.15, 0.2) is 84.9 Å². The lowest BCUT2D eigenvalue weighted by Crippen LogP contribution is -2.33. The summed E-state index contributed by atoms with van der Waals surface area (Å²) in [5.41, 5.74) is 6.32. The molecule has 37 heavy (non-hydrogen) atoms. The highest BCUT2D eigenvalue weighted by Gasteiger charge is 2.12. The Kier molecular flexibility index (Phi) is 6.79. The first-order valence-electron chi connectivity index (χ1n) is 12.1. The van der Waals surface area contributed by atoms with Gasteiger partial charge in [-0.05, 0) is 71.4 Å². The molecular formula is C30H27N5OS. The summed E-state index contributed by atoms with van der Waals surface area (Å²) in [7, 11) is 0. The zero-order chi connectivity index (χ0) is 25.9. The molecule has 0 saturated carbocycles. The number of hydrogen-bond acceptors (Lipinski definition) is 4. The van der Waals surface area contributed by atoms with Crippen molar-refractivity contribution in [3.05, 3.63) is 102 Å². The van der Waals surface area contributed by atoms with Crippen molar-refractivity contribution in [2.24, 2.45) is 0 Å². The van der Waals surface area contributed by atoms with E-state index in [4.69, 9.17) is 22.4 Å². The fourth-order valence-corrected chi connectivity index (χ4v) is 4.37. The van der Waals surface area contributed by atoms with Gasteiger partial charge in [0, 0.05) is 17.1 Å². The highest BCUT2D eigenvalue weighted by molar-refractivity contribution is 7.80. The smallest absolute Gasteiger partial charge is 0.250 e. The molecule has 1 heterocycles. The molecule has 1 aromatic heterocycles. The minimum absolute atomic E-state index is 0.216. The molecule has 2 N–H and O–H groups in total. The van der Waals surface area contributed by atoms with Gasteiger partial charge in [-0.25, -0.2) is 0 Å². The maximum absolute atomic E-state index is 12.4. The molecule has 184 valence electrons. The van der Waals surface area contributed by atoms with Gasteiger partial charge in [-0.3, -0.25) is 10.1 Å². The molecule has 0 saturated heterocycles. The fraction of sp³-hybridized carbons (Fsp3) is 0.133. The summed E-state index contributed by atoms with van der Waals surface area (Å²) in [6, 6.07) is 26.2. The van der Waals surface area contributed by atoms with Crippen LogP contribution in [0, 0.1) is 6.92 Å². The van der Waals surface area contributed by atoms with Crippen molar-refractivity contribution in [1.29, 1.82) is 0 Å². The van der Waals surface area contributed by atoms with Crippen molar-refractivity contribution >= 4 is 56.8 Å². The molecule has 5 aromatic rings. The summed E-state index contributed by atoms with van der Waals surface area (Å²) in [4.78, 5) is 14.1. The largest absolute Gasteiger partial charge is 0.332 e. The number of carbonyl (C=O) groups is 1. The molecule has 7 heteroatoms. The lowest BCUT2D eigenvalue weighted by atomic mass is 10.0.